The van der Waals surface area contributed by atoms with Crippen LogP contribution < -0.4 is 0 Å². The summed E-state index contributed by atoms with van der Waals surface area (Å²) in [6, 6.07) is 61.0. The molecule has 0 N–H and O–H groups in total. The quantitative estimate of drug-likeness (QED) is 0.180. The van der Waals surface area contributed by atoms with Crippen LogP contribution in [0.2, 0.25) is 0 Å². The topological polar surface area (TPSA) is 26.3 Å². The van der Waals surface area contributed by atoms with E-state index in [0.29, 0.717) is 0 Å². The maximum atomic E-state index is 6.44. The molecule has 0 aliphatic heterocycles. The van der Waals surface area contributed by atoms with Gasteiger partial charge in [-0.1, -0.05) is 133 Å². The van der Waals surface area contributed by atoms with Crippen LogP contribution >= 0.6 is 0 Å². The molecular weight excluding hydrogens is 609 g/mol. The molecule has 11 aromatic rings. The lowest BCUT2D eigenvalue weighted by atomic mass is 9.84. The fourth-order valence-electron chi connectivity index (χ4n) is 8.25. The van der Waals surface area contributed by atoms with Gasteiger partial charge in [-0.25, -0.2) is 0 Å². The van der Waals surface area contributed by atoms with Gasteiger partial charge in [-0.2, -0.15) is 0 Å². The zero-order valence-corrected chi connectivity index (χ0v) is 27.0. The van der Waals surface area contributed by atoms with Crippen molar-refractivity contribution >= 4 is 76.2 Å². The summed E-state index contributed by atoms with van der Waals surface area (Å²) in [5.74, 6) is 0. The molecular formula is C48H28O2. The lowest BCUT2D eigenvalue weighted by Crippen LogP contribution is -1.92. The van der Waals surface area contributed by atoms with Crippen molar-refractivity contribution in [2.75, 3.05) is 0 Å². The van der Waals surface area contributed by atoms with Crippen molar-refractivity contribution in [2.24, 2.45) is 0 Å². The molecule has 2 aromatic heterocycles. The van der Waals surface area contributed by atoms with Crippen LogP contribution in [-0.2, 0) is 0 Å². The molecule has 0 atom stereocenters. The number of furan rings is 2. The Morgan fingerprint density at radius 2 is 0.880 bits per heavy atom. The number of benzene rings is 9. The Morgan fingerprint density at radius 3 is 1.68 bits per heavy atom. The molecule has 0 amide bonds. The van der Waals surface area contributed by atoms with Gasteiger partial charge in [0.1, 0.15) is 22.3 Å². The van der Waals surface area contributed by atoms with Crippen molar-refractivity contribution in [2.45, 2.75) is 0 Å². The first-order valence-electron chi connectivity index (χ1n) is 17.1. The van der Waals surface area contributed by atoms with Crippen LogP contribution in [-0.4, -0.2) is 0 Å². The van der Waals surface area contributed by atoms with Gasteiger partial charge >= 0.3 is 0 Å². The molecule has 0 unspecified atom stereocenters. The molecule has 2 heterocycles. The molecule has 0 radical (unpaired) electrons. The maximum Gasteiger partial charge on any atom is 0.147 e. The highest BCUT2D eigenvalue weighted by Gasteiger charge is 2.19. The third kappa shape index (κ3) is 3.90. The summed E-state index contributed by atoms with van der Waals surface area (Å²) in [5, 5.41) is 11.8. The average molecular weight is 637 g/mol. The van der Waals surface area contributed by atoms with Crippen molar-refractivity contribution < 1.29 is 8.83 Å². The lowest BCUT2D eigenvalue weighted by Gasteiger charge is -2.19. The van der Waals surface area contributed by atoms with E-state index in [1.165, 1.54) is 54.6 Å². The summed E-state index contributed by atoms with van der Waals surface area (Å²) in [7, 11) is 0. The van der Waals surface area contributed by atoms with Gasteiger partial charge in [-0.15, -0.1) is 0 Å². The summed E-state index contributed by atoms with van der Waals surface area (Å²) in [4.78, 5) is 0. The summed E-state index contributed by atoms with van der Waals surface area (Å²) >= 11 is 0. The maximum absolute atomic E-state index is 6.44. The Kier molecular flexibility index (Phi) is 5.70. The Hall–Kier alpha value is -6.64. The molecule has 2 heteroatoms. The van der Waals surface area contributed by atoms with E-state index in [2.05, 4.69) is 158 Å². The van der Waals surface area contributed by atoms with Crippen molar-refractivity contribution in [3.8, 4) is 33.4 Å². The van der Waals surface area contributed by atoms with Gasteiger partial charge in [0.2, 0.25) is 0 Å². The molecule has 0 fully saturated rings. The molecule has 0 aliphatic carbocycles. The highest BCUT2D eigenvalue weighted by Crippen LogP contribution is 2.46. The van der Waals surface area contributed by atoms with Gasteiger partial charge in [0.05, 0.1) is 5.39 Å². The van der Waals surface area contributed by atoms with Crippen molar-refractivity contribution in [1.29, 1.82) is 0 Å². The van der Waals surface area contributed by atoms with E-state index in [4.69, 9.17) is 8.83 Å². The minimum Gasteiger partial charge on any atom is -0.456 e. The summed E-state index contributed by atoms with van der Waals surface area (Å²) in [6.07, 6.45) is 0. The first kappa shape index (κ1) is 27.3. The summed E-state index contributed by atoms with van der Waals surface area (Å²) in [6.45, 7) is 0. The predicted octanol–water partition coefficient (Wildman–Crippen LogP) is 13.9. The Bertz CT molecular complexity index is 3090. The first-order chi connectivity index (χ1) is 24.8. The molecule has 0 saturated heterocycles. The van der Waals surface area contributed by atoms with Crippen molar-refractivity contribution in [3.63, 3.8) is 0 Å². The number of hydrogen-bond acceptors (Lipinski definition) is 2. The predicted molar refractivity (Wildman–Crippen MR) is 210 cm³/mol. The number of fused-ring (bicyclic) bond motifs is 10. The van der Waals surface area contributed by atoms with E-state index in [9.17, 15) is 0 Å². The van der Waals surface area contributed by atoms with Gasteiger partial charge in [0, 0.05) is 16.2 Å². The zero-order valence-electron chi connectivity index (χ0n) is 27.0. The Labute approximate surface area is 287 Å². The number of rotatable bonds is 3. The van der Waals surface area contributed by atoms with Crippen LogP contribution in [0.3, 0.4) is 0 Å². The molecule has 2 nitrogen and oxygen atoms in total. The van der Waals surface area contributed by atoms with E-state index >= 15 is 0 Å². The monoisotopic (exact) mass is 636 g/mol. The minimum atomic E-state index is 0.835. The largest absolute Gasteiger partial charge is 0.456 e. The third-order valence-corrected chi connectivity index (χ3v) is 10.5. The number of hydrogen-bond donors (Lipinski definition) is 0. The SMILES string of the molecule is c1cc(-c2ccc3oc4ccc5c6ccccc6oc5c4c3c2)cc(-c2c3ccccc3c(-c3cccc4ccccc34)c3ccccc23)c1. The highest BCUT2D eigenvalue weighted by molar-refractivity contribution is 6.24. The van der Waals surface area contributed by atoms with Crippen molar-refractivity contribution in [3.05, 3.63) is 170 Å². The van der Waals surface area contributed by atoms with Crippen LogP contribution in [0.15, 0.2) is 179 Å². The van der Waals surface area contributed by atoms with Crippen molar-refractivity contribution in [1.82, 2.24) is 0 Å². The second kappa shape index (κ2) is 10.4. The van der Waals surface area contributed by atoms with E-state index < -0.39 is 0 Å². The molecule has 0 saturated carbocycles. The third-order valence-electron chi connectivity index (χ3n) is 10.5. The van der Waals surface area contributed by atoms with Crippen LogP contribution in [0.1, 0.15) is 0 Å². The van der Waals surface area contributed by atoms with Gasteiger partial charge in [0.15, 0.2) is 0 Å². The Morgan fingerprint density at radius 1 is 0.300 bits per heavy atom. The molecule has 9 aromatic carbocycles. The van der Waals surface area contributed by atoms with Gasteiger partial charge in [-0.3, -0.25) is 0 Å². The van der Waals surface area contributed by atoms with E-state index in [1.54, 1.807) is 0 Å². The van der Waals surface area contributed by atoms with Gasteiger partial charge < -0.3 is 8.83 Å². The van der Waals surface area contributed by atoms with E-state index in [1.807, 2.05) is 12.1 Å². The Balaban J connectivity index is 1.14. The molecule has 0 bridgehead atoms. The van der Waals surface area contributed by atoms with Gasteiger partial charge in [0.25, 0.3) is 0 Å². The van der Waals surface area contributed by atoms with E-state index in [-0.39, 0.29) is 0 Å². The normalized spacial score (nSPS) is 12.0. The minimum absolute atomic E-state index is 0.835. The van der Waals surface area contributed by atoms with Crippen LogP contribution in [0, 0.1) is 0 Å². The standard InChI is InChI=1S/C48H28O2/c1-2-15-33-29(11-1)12-10-21-35(33)46-38-19-5-3-17-36(38)45(37-18-4-6-20-39(37)46)32-14-9-13-30(27-32)31-23-25-43-41(28-31)47-44(49-43)26-24-40-34-16-7-8-22-42(34)50-48(40)47/h1-28H. The zero-order chi connectivity index (χ0) is 32.8. The van der Waals surface area contributed by atoms with Crippen LogP contribution in [0.25, 0.3) is 110 Å². The van der Waals surface area contributed by atoms with Crippen LogP contribution in [0.4, 0.5) is 0 Å². The second-order valence-corrected chi connectivity index (χ2v) is 13.2. The summed E-state index contributed by atoms with van der Waals surface area (Å²) in [5.41, 5.74) is 10.7. The molecule has 50 heavy (non-hydrogen) atoms. The fraction of sp³-hybridized carbons (Fsp3) is 0. The molecule has 0 aliphatic rings. The smallest absolute Gasteiger partial charge is 0.147 e. The lowest BCUT2D eigenvalue weighted by molar-refractivity contribution is 0.663. The molecule has 232 valence electrons. The highest BCUT2D eigenvalue weighted by atomic mass is 16.3. The van der Waals surface area contributed by atoms with Gasteiger partial charge in [-0.05, 0) is 102 Å². The van der Waals surface area contributed by atoms with Crippen LogP contribution in [0.5, 0.6) is 0 Å². The second-order valence-electron chi connectivity index (χ2n) is 13.2. The molecule has 11 rings (SSSR count). The number of para-hydroxylation sites is 1. The average Bonchev–Trinajstić information content (AvgIpc) is 3.75. The first-order valence-corrected chi connectivity index (χ1v) is 17.1. The van der Waals surface area contributed by atoms with E-state index in [0.717, 1.165) is 55.0 Å². The summed E-state index contributed by atoms with van der Waals surface area (Å²) < 4.78 is 12.8. The molecule has 0 spiro atoms. The fourth-order valence-corrected chi connectivity index (χ4v) is 8.25.